The summed E-state index contributed by atoms with van der Waals surface area (Å²) in [7, 11) is 1.85. The van der Waals surface area contributed by atoms with E-state index >= 15 is 0 Å². The lowest BCUT2D eigenvalue weighted by Gasteiger charge is -2.25. The minimum absolute atomic E-state index is 0.0604. The molecule has 0 aliphatic carbocycles. The van der Waals surface area contributed by atoms with E-state index in [9.17, 15) is 18.0 Å². The van der Waals surface area contributed by atoms with Crippen molar-refractivity contribution in [2.45, 2.75) is 18.6 Å². The summed E-state index contributed by atoms with van der Waals surface area (Å²) in [5.74, 6) is -0.171. The standard InChI is InChI=1S/C15H14F3NO/c1-19-9-3-2-4-13(19)10-14(20)11-5-7-12(8-6-11)15(16,17)18/h2-9,13H,10H2,1H3. The molecule has 1 heterocycles. The normalized spacial score (nSPS) is 18.4. The second kappa shape index (κ2) is 5.53. The largest absolute Gasteiger partial charge is 0.416 e. The maximum atomic E-state index is 12.4. The SMILES string of the molecule is CN1C=CC=CC1CC(=O)c1ccc(C(F)(F)F)cc1. The van der Waals surface area contributed by atoms with Crippen LogP contribution in [0.3, 0.4) is 0 Å². The van der Waals surface area contributed by atoms with Crippen molar-refractivity contribution in [3.8, 4) is 0 Å². The minimum atomic E-state index is -4.38. The van der Waals surface area contributed by atoms with Gasteiger partial charge in [0.1, 0.15) is 0 Å². The Morgan fingerprint density at radius 2 is 1.85 bits per heavy atom. The van der Waals surface area contributed by atoms with E-state index in [1.165, 1.54) is 12.1 Å². The van der Waals surface area contributed by atoms with Crippen LogP contribution in [0.1, 0.15) is 22.3 Å². The second-order valence-electron chi connectivity index (χ2n) is 4.66. The van der Waals surface area contributed by atoms with Gasteiger partial charge < -0.3 is 4.90 Å². The number of nitrogens with zero attached hydrogens (tertiary/aromatic N) is 1. The number of Topliss-reactive ketones (excluding diaryl/α,β-unsaturated/α-hetero) is 1. The Kier molecular flexibility index (Phi) is 3.97. The van der Waals surface area contributed by atoms with E-state index in [2.05, 4.69) is 0 Å². The maximum absolute atomic E-state index is 12.4. The highest BCUT2D eigenvalue weighted by Gasteiger charge is 2.30. The molecular formula is C15H14F3NO. The molecule has 1 atom stereocenters. The molecule has 0 spiro atoms. The number of allylic oxidation sites excluding steroid dienone is 2. The zero-order chi connectivity index (χ0) is 14.8. The number of hydrogen-bond acceptors (Lipinski definition) is 2. The summed E-state index contributed by atoms with van der Waals surface area (Å²) in [6.45, 7) is 0. The van der Waals surface area contributed by atoms with Gasteiger partial charge in [0.2, 0.25) is 0 Å². The summed E-state index contributed by atoms with van der Waals surface area (Å²) in [5.41, 5.74) is -0.444. The fourth-order valence-electron chi connectivity index (χ4n) is 1.99. The molecule has 1 unspecified atom stereocenters. The summed E-state index contributed by atoms with van der Waals surface area (Å²) in [4.78, 5) is 13.9. The van der Waals surface area contributed by atoms with Crippen molar-refractivity contribution >= 4 is 5.78 Å². The summed E-state index contributed by atoms with van der Waals surface area (Å²) in [6.07, 6.45) is 3.32. The number of carbonyl (C=O) groups is 1. The molecule has 106 valence electrons. The molecule has 1 aliphatic rings. The number of carbonyl (C=O) groups excluding carboxylic acids is 1. The van der Waals surface area contributed by atoms with Crippen molar-refractivity contribution in [3.05, 3.63) is 59.8 Å². The molecule has 0 saturated heterocycles. The summed E-state index contributed by atoms with van der Waals surface area (Å²) >= 11 is 0. The third-order valence-electron chi connectivity index (χ3n) is 3.22. The molecule has 0 fully saturated rings. The first-order chi connectivity index (χ1) is 9.38. The topological polar surface area (TPSA) is 20.3 Å². The van der Waals surface area contributed by atoms with Crippen LogP contribution in [0.25, 0.3) is 0 Å². The Bertz CT molecular complexity index is 543. The first-order valence-electron chi connectivity index (χ1n) is 6.15. The predicted octanol–water partition coefficient (Wildman–Crippen LogP) is 3.66. The van der Waals surface area contributed by atoms with E-state index in [1.54, 1.807) is 0 Å². The third-order valence-corrected chi connectivity index (χ3v) is 3.22. The van der Waals surface area contributed by atoms with Gasteiger partial charge >= 0.3 is 6.18 Å². The zero-order valence-electron chi connectivity index (χ0n) is 10.9. The van der Waals surface area contributed by atoms with Gasteiger partial charge in [-0.2, -0.15) is 13.2 Å². The molecule has 1 aromatic rings. The van der Waals surface area contributed by atoms with Gasteiger partial charge in [0.05, 0.1) is 11.6 Å². The Morgan fingerprint density at radius 1 is 1.20 bits per heavy atom. The predicted molar refractivity (Wildman–Crippen MR) is 70.2 cm³/mol. The zero-order valence-corrected chi connectivity index (χ0v) is 10.9. The molecule has 0 radical (unpaired) electrons. The van der Waals surface area contributed by atoms with Crippen LogP contribution in [0.15, 0.2) is 48.7 Å². The van der Waals surface area contributed by atoms with Crippen LogP contribution < -0.4 is 0 Å². The molecular weight excluding hydrogens is 267 g/mol. The Labute approximate surface area is 115 Å². The first kappa shape index (κ1) is 14.4. The summed E-state index contributed by atoms with van der Waals surface area (Å²) in [6, 6.07) is 4.28. The second-order valence-corrected chi connectivity index (χ2v) is 4.66. The quantitative estimate of drug-likeness (QED) is 0.788. The van der Waals surface area contributed by atoms with Gasteiger partial charge in [-0.1, -0.05) is 24.3 Å². The Balaban J connectivity index is 2.06. The van der Waals surface area contributed by atoms with Crippen LogP contribution in [0, 0.1) is 0 Å². The van der Waals surface area contributed by atoms with E-state index in [0.29, 0.717) is 5.56 Å². The van der Waals surface area contributed by atoms with Crippen molar-refractivity contribution < 1.29 is 18.0 Å². The molecule has 0 saturated carbocycles. The Hall–Kier alpha value is -2.04. The van der Waals surface area contributed by atoms with Crippen molar-refractivity contribution in [2.24, 2.45) is 0 Å². The molecule has 1 aromatic carbocycles. The highest BCUT2D eigenvalue weighted by atomic mass is 19.4. The first-order valence-corrected chi connectivity index (χ1v) is 6.15. The lowest BCUT2D eigenvalue weighted by atomic mass is 10.0. The molecule has 0 N–H and O–H groups in total. The van der Waals surface area contributed by atoms with Crippen molar-refractivity contribution in [3.63, 3.8) is 0 Å². The van der Waals surface area contributed by atoms with Crippen LogP contribution >= 0.6 is 0 Å². The highest BCUT2D eigenvalue weighted by Crippen LogP contribution is 2.29. The van der Waals surface area contributed by atoms with Crippen LogP contribution in [-0.4, -0.2) is 23.8 Å². The lowest BCUT2D eigenvalue weighted by molar-refractivity contribution is -0.137. The van der Waals surface area contributed by atoms with E-state index in [4.69, 9.17) is 0 Å². The van der Waals surface area contributed by atoms with E-state index in [1.807, 2.05) is 36.4 Å². The molecule has 0 amide bonds. The molecule has 1 aliphatic heterocycles. The van der Waals surface area contributed by atoms with Gasteiger partial charge in [-0.05, 0) is 24.4 Å². The minimum Gasteiger partial charge on any atom is -0.374 e. The van der Waals surface area contributed by atoms with Crippen LogP contribution in [-0.2, 0) is 6.18 Å². The molecule has 2 nitrogen and oxygen atoms in total. The van der Waals surface area contributed by atoms with Gasteiger partial charge in [-0.25, -0.2) is 0 Å². The average Bonchev–Trinajstić information content (AvgIpc) is 2.40. The van der Waals surface area contributed by atoms with Crippen LogP contribution in [0.5, 0.6) is 0 Å². The number of benzene rings is 1. The maximum Gasteiger partial charge on any atom is 0.416 e. The van der Waals surface area contributed by atoms with Gasteiger partial charge in [-0.15, -0.1) is 0 Å². The smallest absolute Gasteiger partial charge is 0.374 e. The summed E-state index contributed by atoms with van der Waals surface area (Å²) < 4.78 is 37.3. The highest BCUT2D eigenvalue weighted by molar-refractivity contribution is 5.96. The van der Waals surface area contributed by atoms with Crippen molar-refractivity contribution in [1.82, 2.24) is 4.90 Å². The van der Waals surface area contributed by atoms with Gasteiger partial charge in [0.15, 0.2) is 5.78 Å². The van der Waals surface area contributed by atoms with Crippen LogP contribution in [0.4, 0.5) is 13.2 Å². The van der Waals surface area contributed by atoms with Gasteiger partial charge in [0, 0.05) is 19.0 Å². The number of likely N-dealkylation sites (N-methyl/N-ethyl adjacent to an activating group) is 1. The molecule has 5 heteroatoms. The van der Waals surface area contributed by atoms with Crippen molar-refractivity contribution in [1.29, 1.82) is 0 Å². The average molecular weight is 281 g/mol. The van der Waals surface area contributed by atoms with E-state index in [0.717, 1.165) is 12.1 Å². The fraction of sp³-hybridized carbons (Fsp3) is 0.267. The van der Waals surface area contributed by atoms with Gasteiger partial charge in [0.25, 0.3) is 0 Å². The number of halogens is 3. The number of alkyl halides is 3. The van der Waals surface area contributed by atoms with E-state index in [-0.39, 0.29) is 18.2 Å². The monoisotopic (exact) mass is 281 g/mol. The van der Waals surface area contributed by atoms with Crippen LogP contribution in [0.2, 0.25) is 0 Å². The van der Waals surface area contributed by atoms with E-state index < -0.39 is 11.7 Å². The number of rotatable bonds is 3. The molecule has 2 rings (SSSR count). The summed E-state index contributed by atoms with van der Waals surface area (Å²) in [5, 5.41) is 0. The Morgan fingerprint density at radius 3 is 2.40 bits per heavy atom. The number of hydrogen-bond donors (Lipinski definition) is 0. The fourth-order valence-corrected chi connectivity index (χ4v) is 1.99. The lowest BCUT2D eigenvalue weighted by Crippen LogP contribution is -2.29. The third kappa shape index (κ3) is 3.29. The van der Waals surface area contributed by atoms with Crippen molar-refractivity contribution in [2.75, 3.05) is 7.05 Å². The molecule has 0 aromatic heterocycles. The molecule has 20 heavy (non-hydrogen) atoms. The molecule has 0 bridgehead atoms. The van der Waals surface area contributed by atoms with Gasteiger partial charge in [-0.3, -0.25) is 4.79 Å². The number of ketones is 1.